The lowest BCUT2D eigenvalue weighted by Crippen LogP contribution is -2.24. The van der Waals surface area contributed by atoms with Gasteiger partial charge in [-0.3, -0.25) is 0 Å². The summed E-state index contributed by atoms with van der Waals surface area (Å²) in [5.41, 5.74) is 0.912. The highest BCUT2D eigenvalue weighted by Crippen LogP contribution is 2.12. The molecule has 0 aliphatic rings. The van der Waals surface area contributed by atoms with Gasteiger partial charge >= 0.3 is 0 Å². The molecule has 8 heteroatoms. The molecule has 0 saturated carbocycles. The summed E-state index contributed by atoms with van der Waals surface area (Å²) in [5, 5.41) is 6.80. The van der Waals surface area contributed by atoms with E-state index in [0.29, 0.717) is 18.3 Å². The Morgan fingerprint density at radius 1 is 1.29 bits per heavy atom. The summed E-state index contributed by atoms with van der Waals surface area (Å²) in [5.74, 6) is 0.705. The zero-order chi connectivity index (χ0) is 15.3. The number of aromatic nitrogens is 2. The molecule has 0 saturated heterocycles. The lowest BCUT2D eigenvalue weighted by Gasteiger charge is -2.07. The molecule has 2 rings (SSSR count). The Morgan fingerprint density at radius 3 is 2.76 bits per heavy atom. The molecule has 0 fully saturated rings. The lowest BCUT2D eigenvalue weighted by molar-refractivity contribution is 0.387. The first-order valence-electron chi connectivity index (χ1n) is 6.60. The highest BCUT2D eigenvalue weighted by molar-refractivity contribution is 7.89. The van der Waals surface area contributed by atoms with Gasteiger partial charge in [-0.05, 0) is 24.2 Å². The molecule has 2 aromatic rings. The molecule has 0 amide bonds. The maximum absolute atomic E-state index is 12.2. The maximum atomic E-state index is 12.2. The van der Waals surface area contributed by atoms with E-state index in [9.17, 15) is 8.42 Å². The van der Waals surface area contributed by atoms with Crippen molar-refractivity contribution in [3.63, 3.8) is 0 Å². The zero-order valence-electron chi connectivity index (χ0n) is 12.0. The van der Waals surface area contributed by atoms with Crippen LogP contribution in [-0.2, 0) is 23.1 Å². The smallest absolute Gasteiger partial charge is 0.240 e. The van der Waals surface area contributed by atoms with E-state index in [1.165, 1.54) is 0 Å². The minimum absolute atomic E-state index is 0.00287. The second-order valence-electron chi connectivity index (χ2n) is 4.48. The van der Waals surface area contributed by atoms with E-state index in [2.05, 4.69) is 20.2 Å². The summed E-state index contributed by atoms with van der Waals surface area (Å²) in [6.45, 7) is 5.09. The molecule has 7 nitrogen and oxygen atoms in total. The number of sulfonamides is 1. The first kappa shape index (κ1) is 15.6. The fraction of sp³-hybridized carbons (Fsp3) is 0.385. The predicted molar refractivity (Wildman–Crippen MR) is 76.9 cm³/mol. The van der Waals surface area contributed by atoms with Crippen molar-refractivity contribution in [3.05, 3.63) is 41.5 Å². The number of hydrogen-bond donors (Lipinski definition) is 2. The summed E-state index contributed by atoms with van der Waals surface area (Å²) < 4.78 is 31.7. The molecule has 0 aliphatic carbocycles. The minimum atomic E-state index is -3.60. The van der Waals surface area contributed by atoms with Crippen LogP contribution in [0.2, 0.25) is 0 Å². The van der Waals surface area contributed by atoms with Crippen LogP contribution in [0.1, 0.15) is 24.2 Å². The van der Waals surface area contributed by atoms with Crippen LogP contribution in [0, 0.1) is 6.92 Å². The summed E-state index contributed by atoms with van der Waals surface area (Å²) in [6.07, 6.45) is 0. The van der Waals surface area contributed by atoms with Crippen molar-refractivity contribution >= 4 is 10.0 Å². The monoisotopic (exact) mass is 310 g/mol. The van der Waals surface area contributed by atoms with E-state index in [4.69, 9.17) is 4.52 Å². The standard InChI is InChI=1S/C13H18N4O3S/c1-3-14-8-11-5-4-6-12(7-11)21(18,19)15-9-13-16-10(2)20-17-13/h4-7,14-15H,3,8-9H2,1-2H3. The Kier molecular flexibility index (Phi) is 5.05. The van der Waals surface area contributed by atoms with Gasteiger partial charge < -0.3 is 9.84 Å². The molecule has 0 radical (unpaired) electrons. The molecule has 1 aromatic heterocycles. The number of aryl methyl sites for hydroxylation is 1. The van der Waals surface area contributed by atoms with Gasteiger partial charge in [-0.2, -0.15) is 4.98 Å². The molecular weight excluding hydrogens is 292 g/mol. The van der Waals surface area contributed by atoms with E-state index in [-0.39, 0.29) is 11.4 Å². The van der Waals surface area contributed by atoms with Crippen LogP contribution in [0.4, 0.5) is 0 Å². The highest BCUT2D eigenvalue weighted by atomic mass is 32.2. The maximum Gasteiger partial charge on any atom is 0.240 e. The first-order chi connectivity index (χ1) is 10.0. The Hall–Kier alpha value is -1.77. The quantitative estimate of drug-likeness (QED) is 0.791. The van der Waals surface area contributed by atoms with Crippen molar-refractivity contribution in [3.8, 4) is 0 Å². The van der Waals surface area contributed by atoms with Gasteiger partial charge in [0.25, 0.3) is 0 Å². The van der Waals surface area contributed by atoms with Crippen LogP contribution >= 0.6 is 0 Å². The molecule has 21 heavy (non-hydrogen) atoms. The fourth-order valence-corrected chi connectivity index (χ4v) is 2.80. The fourth-order valence-electron chi connectivity index (χ4n) is 1.75. The third kappa shape index (κ3) is 4.35. The lowest BCUT2D eigenvalue weighted by atomic mass is 10.2. The van der Waals surface area contributed by atoms with Crippen LogP contribution in [0.15, 0.2) is 33.7 Å². The number of benzene rings is 1. The van der Waals surface area contributed by atoms with Gasteiger partial charge in [0.05, 0.1) is 11.4 Å². The van der Waals surface area contributed by atoms with Crippen LogP contribution in [0.3, 0.4) is 0 Å². The average Bonchev–Trinajstić information content (AvgIpc) is 2.89. The van der Waals surface area contributed by atoms with Crippen molar-refractivity contribution in [1.82, 2.24) is 20.2 Å². The van der Waals surface area contributed by atoms with Crippen molar-refractivity contribution in [1.29, 1.82) is 0 Å². The average molecular weight is 310 g/mol. The first-order valence-corrected chi connectivity index (χ1v) is 8.08. The Bertz CT molecular complexity index is 697. The molecular formula is C13H18N4O3S. The minimum Gasteiger partial charge on any atom is -0.340 e. The van der Waals surface area contributed by atoms with Crippen LogP contribution in [0.5, 0.6) is 0 Å². The predicted octanol–water partition coefficient (Wildman–Crippen LogP) is 0.966. The number of hydrogen-bond acceptors (Lipinski definition) is 6. The SMILES string of the molecule is CCNCc1cccc(S(=O)(=O)NCc2noc(C)n2)c1. The van der Waals surface area contributed by atoms with Gasteiger partial charge in [0, 0.05) is 13.5 Å². The van der Waals surface area contributed by atoms with Gasteiger partial charge in [-0.15, -0.1) is 0 Å². The Labute approximate surface area is 123 Å². The van der Waals surface area contributed by atoms with Crippen LogP contribution in [0.25, 0.3) is 0 Å². The third-order valence-electron chi connectivity index (χ3n) is 2.78. The Balaban J connectivity index is 2.08. The summed E-state index contributed by atoms with van der Waals surface area (Å²) in [6, 6.07) is 6.80. The summed E-state index contributed by atoms with van der Waals surface area (Å²) in [7, 11) is -3.60. The molecule has 1 heterocycles. The Morgan fingerprint density at radius 2 is 2.10 bits per heavy atom. The van der Waals surface area contributed by atoms with Crippen molar-refractivity contribution in [2.75, 3.05) is 6.54 Å². The second-order valence-corrected chi connectivity index (χ2v) is 6.25. The number of nitrogens with one attached hydrogen (secondary N) is 2. The molecule has 0 spiro atoms. The van der Waals surface area contributed by atoms with E-state index < -0.39 is 10.0 Å². The molecule has 0 atom stereocenters. The normalized spacial score (nSPS) is 11.7. The zero-order valence-corrected chi connectivity index (χ0v) is 12.8. The molecule has 0 bridgehead atoms. The van der Waals surface area contributed by atoms with Gasteiger partial charge in [-0.25, -0.2) is 13.1 Å². The van der Waals surface area contributed by atoms with E-state index in [0.717, 1.165) is 12.1 Å². The summed E-state index contributed by atoms with van der Waals surface area (Å²) in [4.78, 5) is 4.17. The van der Waals surface area contributed by atoms with Crippen LogP contribution < -0.4 is 10.0 Å². The van der Waals surface area contributed by atoms with Crippen LogP contribution in [-0.4, -0.2) is 25.1 Å². The van der Waals surface area contributed by atoms with Crippen molar-refractivity contribution in [2.24, 2.45) is 0 Å². The van der Waals surface area contributed by atoms with Crippen molar-refractivity contribution in [2.45, 2.75) is 31.8 Å². The van der Waals surface area contributed by atoms with Gasteiger partial charge in [-0.1, -0.05) is 24.2 Å². The van der Waals surface area contributed by atoms with Gasteiger partial charge in [0.1, 0.15) is 0 Å². The van der Waals surface area contributed by atoms with Gasteiger partial charge in [0.2, 0.25) is 15.9 Å². The number of rotatable bonds is 7. The van der Waals surface area contributed by atoms with E-state index >= 15 is 0 Å². The third-order valence-corrected chi connectivity index (χ3v) is 4.18. The van der Waals surface area contributed by atoms with E-state index in [1.807, 2.05) is 13.0 Å². The van der Waals surface area contributed by atoms with Crippen molar-refractivity contribution < 1.29 is 12.9 Å². The van der Waals surface area contributed by atoms with Gasteiger partial charge in [0.15, 0.2) is 5.82 Å². The second kappa shape index (κ2) is 6.79. The molecule has 0 aliphatic heterocycles. The number of nitrogens with zero attached hydrogens (tertiary/aromatic N) is 2. The molecule has 2 N–H and O–H groups in total. The van der Waals surface area contributed by atoms with E-state index in [1.54, 1.807) is 25.1 Å². The molecule has 1 aromatic carbocycles. The largest absolute Gasteiger partial charge is 0.340 e. The topological polar surface area (TPSA) is 97.1 Å². The highest BCUT2D eigenvalue weighted by Gasteiger charge is 2.15. The molecule has 114 valence electrons. The molecule has 0 unspecified atom stereocenters. The summed E-state index contributed by atoms with van der Waals surface area (Å²) >= 11 is 0.